The number of hydrogen-bond acceptors (Lipinski definition) is 1. The van der Waals surface area contributed by atoms with E-state index in [9.17, 15) is 0 Å². The molecule has 0 aromatic heterocycles. The smallest absolute Gasteiger partial charge is 0.00233 e. The topological polar surface area (TPSA) is 12.0 Å². The Morgan fingerprint density at radius 2 is 1.73 bits per heavy atom. The summed E-state index contributed by atoms with van der Waals surface area (Å²) in [5.74, 6) is 0.844. The second-order valence-electron chi connectivity index (χ2n) is 2.72. The van der Waals surface area contributed by atoms with Crippen LogP contribution in [0.2, 0.25) is 0 Å². The van der Waals surface area contributed by atoms with Crippen molar-refractivity contribution < 1.29 is 0 Å². The van der Waals surface area contributed by atoms with Crippen LogP contribution in [-0.2, 0) is 0 Å². The summed E-state index contributed by atoms with van der Waals surface area (Å²) in [5.41, 5.74) is 0. The Labute approximate surface area is 72.6 Å². The van der Waals surface area contributed by atoms with E-state index in [1.165, 1.54) is 25.9 Å². The van der Waals surface area contributed by atoms with E-state index < -0.39 is 0 Å². The lowest BCUT2D eigenvalue weighted by atomic mass is 10.1. The van der Waals surface area contributed by atoms with E-state index in [1.807, 2.05) is 13.8 Å². The molecular formula is C10H25N. The van der Waals surface area contributed by atoms with Crippen LogP contribution in [0.1, 0.15) is 47.5 Å². The molecule has 1 atom stereocenters. The molecule has 0 rings (SSSR count). The van der Waals surface area contributed by atoms with Gasteiger partial charge in [-0.05, 0) is 25.4 Å². The van der Waals surface area contributed by atoms with Crippen molar-refractivity contribution in [3.63, 3.8) is 0 Å². The van der Waals surface area contributed by atoms with Crippen LogP contribution in [0.5, 0.6) is 0 Å². The van der Waals surface area contributed by atoms with Gasteiger partial charge in [0.15, 0.2) is 0 Å². The summed E-state index contributed by atoms with van der Waals surface area (Å²) in [6.45, 7) is 13.1. The summed E-state index contributed by atoms with van der Waals surface area (Å²) in [6, 6.07) is 0. The second-order valence-corrected chi connectivity index (χ2v) is 2.72. The van der Waals surface area contributed by atoms with Crippen LogP contribution in [0.15, 0.2) is 0 Å². The standard InChI is InChI=1S/C8H19N.C2H6/c1-4-6-9-7-8(3)5-2;1-2/h8-9H,4-7H2,1-3H3;1-2H3. The van der Waals surface area contributed by atoms with Crippen molar-refractivity contribution in [3.8, 4) is 0 Å². The quantitative estimate of drug-likeness (QED) is 0.608. The zero-order valence-corrected chi connectivity index (χ0v) is 8.91. The van der Waals surface area contributed by atoms with Gasteiger partial charge in [-0.25, -0.2) is 0 Å². The van der Waals surface area contributed by atoms with Gasteiger partial charge in [0, 0.05) is 0 Å². The highest BCUT2D eigenvalue weighted by Gasteiger charge is 1.94. The molecule has 0 fully saturated rings. The van der Waals surface area contributed by atoms with Gasteiger partial charge in [0.25, 0.3) is 0 Å². The average molecular weight is 159 g/mol. The summed E-state index contributed by atoms with van der Waals surface area (Å²) in [7, 11) is 0. The van der Waals surface area contributed by atoms with Gasteiger partial charge in [0.2, 0.25) is 0 Å². The molecule has 0 heterocycles. The maximum Gasteiger partial charge on any atom is -0.00233 e. The van der Waals surface area contributed by atoms with Gasteiger partial charge in [-0.3, -0.25) is 0 Å². The molecule has 0 bridgehead atoms. The molecule has 0 spiro atoms. The van der Waals surface area contributed by atoms with E-state index in [0.29, 0.717) is 0 Å². The van der Waals surface area contributed by atoms with Gasteiger partial charge >= 0.3 is 0 Å². The molecule has 0 saturated carbocycles. The van der Waals surface area contributed by atoms with Crippen molar-refractivity contribution in [1.29, 1.82) is 0 Å². The van der Waals surface area contributed by atoms with Gasteiger partial charge in [0.05, 0.1) is 0 Å². The first-order valence-electron chi connectivity index (χ1n) is 5.02. The Bertz CT molecular complexity index is 52.8. The maximum atomic E-state index is 3.39. The van der Waals surface area contributed by atoms with Gasteiger partial charge < -0.3 is 5.32 Å². The van der Waals surface area contributed by atoms with Crippen LogP contribution in [0, 0.1) is 5.92 Å². The van der Waals surface area contributed by atoms with Crippen LogP contribution in [0.3, 0.4) is 0 Å². The Hall–Kier alpha value is -0.0400. The van der Waals surface area contributed by atoms with Crippen molar-refractivity contribution in [2.45, 2.75) is 47.5 Å². The van der Waals surface area contributed by atoms with Crippen molar-refractivity contribution in [3.05, 3.63) is 0 Å². The fourth-order valence-corrected chi connectivity index (χ4v) is 0.670. The molecule has 70 valence electrons. The molecular weight excluding hydrogens is 134 g/mol. The highest BCUT2D eigenvalue weighted by atomic mass is 14.8. The van der Waals surface area contributed by atoms with Crippen LogP contribution < -0.4 is 5.32 Å². The van der Waals surface area contributed by atoms with E-state index in [1.54, 1.807) is 0 Å². The van der Waals surface area contributed by atoms with Crippen molar-refractivity contribution in [1.82, 2.24) is 5.32 Å². The van der Waals surface area contributed by atoms with Crippen molar-refractivity contribution >= 4 is 0 Å². The molecule has 0 aliphatic heterocycles. The number of hydrogen-bond donors (Lipinski definition) is 1. The Kier molecular flexibility index (Phi) is 15.5. The van der Waals surface area contributed by atoms with E-state index in [2.05, 4.69) is 26.1 Å². The van der Waals surface area contributed by atoms with E-state index in [4.69, 9.17) is 0 Å². The third kappa shape index (κ3) is 13.0. The predicted octanol–water partition coefficient (Wildman–Crippen LogP) is 3.06. The average Bonchev–Trinajstić information content (AvgIpc) is 2.08. The fourth-order valence-electron chi connectivity index (χ4n) is 0.670. The molecule has 0 amide bonds. The lowest BCUT2D eigenvalue weighted by molar-refractivity contribution is 0.500. The maximum absolute atomic E-state index is 3.39. The van der Waals surface area contributed by atoms with Crippen LogP contribution >= 0.6 is 0 Å². The van der Waals surface area contributed by atoms with Crippen LogP contribution in [-0.4, -0.2) is 13.1 Å². The van der Waals surface area contributed by atoms with Gasteiger partial charge in [-0.15, -0.1) is 0 Å². The zero-order valence-electron chi connectivity index (χ0n) is 8.91. The second kappa shape index (κ2) is 12.6. The van der Waals surface area contributed by atoms with Gasteiger partial charge in [-0.2, -0.15) is 0 Å². The van der Waals surface area contributed by atoms with Crippen LogP contribution in [0.4, 0.5) is 0 Å². The highest BCUT2D eigenvalue weighted by molar-refractivity contribution is 4.52. The summed E-state index contributed by atoms with van der Waals surface area (Å²) in [5, 5.41) is 3.39. The SMILES string of the molecule is CC.CCCNCC(C)CC. The molecule has 0 aliphatic carbocycles. The third-order valence-electron chi connectivity index (χ3n) is 1.62. The molecule has 1 heteroatoms. The molecule has 0 aromatic rings. The molecule has 1 unspecified atom stereocenters. The molecule has 0 radical (unpaired) electrons. The Morgan fingerprint density at radius 1 is 1.18 bits per heavy atom. The minimum atomic E-state index is 0.844. The van der Waals surface area contributed by atoms with Gasteiger partial charge in [-0.1, -0.05) is 41.0 Å². The minimum Gasteiger partial charge on any atom is -0.316 e. The predicted molar refractivity (Wildman–Crippen MR) is 54.0 cm³/mol. The first kappa shape index (κ1) is 13.5. The molecule has 0 saturated heterocycles. The van der Waals surface area contributed by atoms with Gasteiger partial charge in [0.1, 0.15) is 0 Å². The van der Waals surface area contributed by atoms with Crippen molar-refractivity contribution in [2.75, 3.05) is 13.1 Å². The lowest BCUT2D eigenvalue weighted by Crippen LogP contribution is -2.21. The van der Waals surface area contributed by atoms with E-state index in [0.717, 1.165) is 5.92 Å². The Balaban J connectivity index is 0. The van der Waals surface area contributed by atoms with E-state index in [-0.39, 0.29) is 0 Å². The molecule has 11 heavy (non-hydrogen) atoms. The van der Waals surface area contributed by atoms with E-state index >= 15 is 0 Å². The largest absolute Gasteiger partial charge is 0.316 e. The minimum absolute atomic E-state index is 0.844. The summed E-state index contributed by atoms with van der Waals surface area (Å²) in [6.07, 6.45) is 2.53. The zero-order chi connectivity index (χ0) is 9.11. The first-order valence-corrected chi connectivity index (χ1v) is 5.02. The number of rotatable bonds is 5. The summed E-state index contributed by atoms with van der Waals surface area (Å²) < 4.78 is 0. The fraction of sp³-hybridized carbons (Fsp3) is 1.00. The van der Waals surface area contributed by atoms with Crippen molar-refractivity contribution in [2.24, 2.45) is 5.92 Å². The molecule has 1 N–H and O–H groups in total. The highest BCUT2D eigenvalue weighted by Crippen LogP contribution is 1.96. The first-order chi connectivity index (χ1) is 5.31. The number of nitrogens with one attached hydrogen (secondary N) is 1. The lowest BCUT2D eigenvalue weighted by Gasteiger charge is -2.07. The third-order valence-corrected chi connectivity index (χ3v) is 1.62. The monoisotopic (exact) mass is 159 g/mol. The Morgan fingerprint density at radius 3 is 2.09 bits per heavy atom. The molecule has 0 aromatic carbocycles. The molecule has 1 nitrogen and oxygen atoms in total. The normalized spacial score (nSPS) is 11.7. The van der Waals surface area contributed by atoms with Crippen LogP contribution in [0.25, 0.3) is 0 Å². The molecule has 0 aliphatic rings. The summed E-state index contributed by atoms with van der Waals surface area (Å²) in [4.78, 5) is 0. The summed E-state index contributed by atoms with van der Waals surface area (Å²) >= 11 is 0.